The lowest BCUT2D eigenvalue weighted by Gasteiger charge is -2.39. The van der Waals surface area contributed by atoms with Crippen LogP contribution in [0, 0.1) is 10.1 Å². The molecule has 1 N–H and O–H groups in total. The Hall–Kier alpha value is -3.55. The number of benzene rings is 1. The molecule has 2 aromatic rings. The molecule has 1 saturated heterocycles. The van der Waals surface area contributed by atoms with Gasteiger partial charge >= 0.3 is 18.2 Å². The van der Waals surface area contributed by atoms with E-state index in [1.165, 1.54) is 35.0 Å². The van der Waals surface area contributed by atoms with Gasteiger partial charge in [-0.2, -0.15) is 0 Å². The minimum absolute atomic E-state index is 0.121. The predicted molar refractivity (Wildman–Crippen MR) is 105 cm³/mol. The Labute approximate surface area is 185 Å². The molecule has 14 heteroatoms. The van der Waals surface area contributed by atoms with E-state index in [-0.39, 0.29) is 48.7 Å². The first-order valence-corrected chi connectivity index (χ1v) is 10.0. The molecule has 0 unspecified atom stereocenters. The topological polar surface area (TPSA) is 121 Å². The SMILES string of the molecule is O=C(CCN1CC(Oc2ccc(OC(F)(F)F)cc2)C1)N[C@@H]1COc2nc([N+](=O)[O-])cn2C1. The lowest BCUT2D eigenvalue weighted by atomic mass is 10.1. The van der Waals surface area contributed by atoms with Crippen molar-refractivity contribution in [2.24, 2.45) is 0 Å². The number of fused-ring (bicyclic) bond motifs is 1. The fraction of sp³-hybridized carbons (Fsp3) is 0.474. The molecule has 2 aliphatic heterocycles. The third-order valence-electron chi connectivity index (χ3n) is 5.05. The van der Waals surface area contributed by atoms with Gasteiger partial charge in [-0.05, 0) is 29.2 Å². The van der Waals surface area contributed by atoms with E-state index in [1.54, 1.807) is 0 Å². The highest BCUT2D eigenvalue weighted by Gasteiger charge is 2.32. The van der Waals surface area contributed by atoms with Gasteiger partial charge in [0.1, 0.15) is 30.4 Å². The van der Waals surface area contributed by atoms with Crippen LogP contribution in [-0.2, 0) is 11.3 Å². The highest BCUT2D eigenvalue weighted by molar-refractivity contribution is 5.76. The number of nitrogens with one attached hydrogen (secondary N) is 1. The molecule has 0 aliphatic carbocycles. The summed E-state index contributed by atoms with van der Waals surface area (Å²) in [6, 6.07) is 5.01. The number of amides is 1. The fourth-order valence-corrected chi connectivity index (χ4v) is 3.52. The average Bonchev–Trinajstić information content (AvgIpc) is 3.13. The zero-order chi connectivity index (χ0) is 23.6. The third-order valence-corrected chi connectivity index (χ3v) is 5.05. The highest BCUT2D eigenvalue weighted by Crippen LogP contribution is 2.26. The van der Waals surface area contributed by atoms with E-state index in [0.29, 0.717) is 31.9 Å². The summed E-state index contributed by atoms with van der Waals surface area (Å²) in [6.45, 7) is 2.19. The second kappa shape index (κ2) is 9.13. The van der Waals surface area contributed by atoms with Gasteiger partial charge in [-0.1, -0.05) is 0 Å². The van der Waals surface area contributed by atoms with Crippen LogP contribution in [0.2, 0.25) is 0 Å². The van der Waals surface area contributed by atoms with E-state index < -0.39 is 11.3 Å². The Bertz CT molecular complexity index is 1010. The van der Waals surface area contributed by atoms with Crippen molar-refractivity contribution in [3.63, 3.8) is 0 Å². The second-order valence-corrected chi connectivity index (χ2v) is 7.64. The highest BCUT2D eigenvalue weighted by atomic mass is 19.4. The molecule has 33 heavy (non-hydrogen) atoms. The smallest absolute Gasteiger partial charge is 0.488 e. The Balaban J connectivity index is 1.14. The zero-order valence-corrected chi connectivity index (χ0v) is 17.2. The van der Waals surface area contributed by atoms with E-state index in [4.69, 9.17) is 9.47 Å². The molecule has 3 heterocycles. The number of nitrogens with zero attached hydrogens (tertiary/aromatic N) is 4. The molecule has 11 nitrogen and oxygen atoms in total. The molecule has 2 aliphatic rings. The zero-order valence-electron chi connectivity index (χ0n) is 17.2. The van der Waals surface area contributed by atoms with Crippen molar-refractivity contribution in [3.05, 3.63) is 40.6 Å². The van der Waals surface area contributed by atoms with Gasteiger partial charge < -0.3 is 29.6 Å². The quantitative estimate of drug-likeness (QED) is 0.457. The maximum Gasteiger partial charge on any atom is 0.573 e. The molecule has 178 valence electrons. The second-order valence-electron chi connectivity index (χ2n) is 7.64. The summed E-state index contributed by atoms with van der Waals surface area (Å²) in [7, 11) is 0. The summed E-state index contributed by atoms with van der Waals surface area (Å²) >= 11 is 0. The van der Waals surface area contributed by atoms with Crippen LogP contribution >= 0.6 is 0 Å². The molecule has 0 bridgehead atoms. The van der Waals surface area contributed by atoms with Crippen LogP contribution in [0.15, 0.2) is 30.5 Å². The van der Waals surface area contributed by atoms with E-state index in [2.05, 4.69) is 15.0 Å². The number of ether oxygens (including phenoxy) is 3. The lowest BCUT2D eigenvalue weighted by molar-refractivity contribution is -0.389. The number of carbonyl (C=O) groups excluding carboxylic acids is 1. The van der Waals surface area contributed by atoms with E-state index in [0.717, 1.165) is 0 Å². The van der Waals surface area contributed by atoms with Gasteiger partial charge in [0.15, 0.2) is 0 Å². The number of hydrogen-bond donors (Lipinski definition) is 1. The maximum absolute atomic E-state index is 12.2. The monoisotopic (exact) mass is 471 g/mol. The molecular weight excluding hydrogens is 451 g/mol. The van der Waals surface area contributed by atoms with Gasteiger partial charge in [0.25, 0.3) is 0 Å². The standard InChI is InChI=1S/C19H20F3N5O6/c20-19(21,22)33-14-3-1-13(2-4-14)32-15-8-25(9-15)6-5-17(28)23-12-7-26-10-16(27(29)30)24-18(26)31-11-12/h1-4,10,12,15H,5-9,11H2,(H,23,28)/t12-/m0/s1. The Kier molecular flexibility index (Phi) is 6.26. The summed E-state index contributed by atoms with van der Waals surface area (Å²) in [6.07, 6.45) is -3.34. The summed E-state index contributed by atoms with van der Waals surface area (Å²) in [5, 5.41) is 13.6. The molecule has 1 atom stereocenters. The van der Waals surface area contributed by atoms with Crippen molar-refractivity contribution >= 4 is 11.7 Å². The van der Waals surface area contributed by atoms with Gasteiger partial charge in [-0.3, -0.25) is 14.3 Å². The minimum atomic E-state index is -4.74. The van der Waals surface area contributed by atoms with Gasteiger partial charge in [0.2, 0.25) is 5.91 Å². The van der Waals surface area contributed by atoms with Crippen LogP contribution < -0.4 is 19.5 Å². The summed E-state index contributed by atoms with van der Waals surface area (Å²) in [5.74, 6) is -0.367. The molecule has 1 fully saturated rings. The van der Waals surface area contributed by atoms with Crippen LogP contribution in [0.1, 0.15) is 6.42 Å². The molecular formula is C19H20F3N5O6. The number of rotatable bonds is 8. The van der Waals surface area contributed by atoms with Crippen molar-refractivity contribution in [2.75, 3.05) is 26.2 Å². The normalized spacial score (nSPS) is 18.6. The van der Waals surface area contributed by atoms with Crippen LogP contribution in [-0.4, -0.2) is 70.0 Å². The number of carbonyl (C=O) groups is 1. The largest absolute Gasteiger partial charge is 0.573 e. The number of hydrogen-bond acceptors (Lipinski definition) is 8. The van der Waals surface area contributed by atoms with Gasteiger partial charge in [0, 0.05) is 31.0 Å². The van der Waals surface area contributed by atoms with E-state index >= 15 is 0 Å². The first-order chi connectivity index (χ1) is 15.6. The van der Waals surface area contributed by atoms with Crippen molar-refractivity contribution in [2.45, 2.75) is 31.5 Å². The number of imidazole rings is 1. The van der Waals surface area contributed by atoms with Gasteiger partial charge in [-0.15, -0.1) is 13.2 Å². The fourth-order valence-electron chi connectivity index (χ4n) is 3.52. The Morgan fingerprint density at radius 1 is 1.24 bits per heavy atom. The predicted octanol–water partition coefficient (Wildman–Crippen LogP) is 1.72. The van der Waals surface area contributed by atoms with Crippen LogP contribution in [0.3, 0.4) is 0 Å². The van der Waals surface area contributed by atoms with Crippen molar-refractivity contribution in [3.8, 4) is 17.5 Å². The molecule has 0 saturated carbocycles. The van der Waals surface area contributed by atoms with Crippen LogP contribution in [0.25, 0.3) is 0 Å². The van der Waals surface area contributed by atoms with Crippen LogP contribution in [0.5, 0.6) is 17.5 Å². The number of aromatic nitrogens is 2. The third kappa shape index (κ3) is 6.03. The van der Waals surface area contributed by atoms with E-state index in [9.17, 15) is 28.1 Å². The molecule has 0 radical (unpaired) electrons. The first-order valence-electron chi connectivity index (χ1n) is 10.0. The first kappa shape index (κ1) is 22.6. The van der Waals surface area contributed by atoms with E-state index in [1.807, 2.05) is 4.90 Å². The summed E-state index contributed by atoms with van der Waals surface area (Å²) in [4.78, 5) is 28.2. The van der Waals surface area contributed by atoms with Crippen LogP contribution in [0.4, 0.5) is 19.0 Å². The van der Waals surface area contributed by atoms with Crippen molar-refractivity contribution < 1.29 is 37.1 Å². The Morgan fingerprint density at radius 2 is 1.94 bits per heavy atom. The van der Waals surface area contributed by atoms with Gasteiger partial charge in [-0.25, -0.2) is 0 Å². The Morgan fingerprint density at radius 3 is 2.61 bits per heavy atom. The average molecular weight is 471 g/mol. The lowest BCUT2D eigenvalue weighted by Crippen LogP contribution is -2.54. The molecule has 0 spiro atoms. The molecule has 4 rings (SSSR count). The summed E-state index contributed by atoms with van der Waals surface area (Å²) < 4.78 is 52.9. The minimum Gasteiger partial charge on any atom is -0.488 e. The molecule has 1 aromatic carbocycles. The number of alkyl halides is 3. The van der Waals surface area contributed by atoms with Gasteiger partial charge in [0.05, 0.1) is 12.6 Å². The summed E-state index contributed by atoms with van der Waals surface area (Å²) in [5.41, 5.74) is 0. The number of halogens is 3. The van der Waals surface area contributed by atoms with Crippen molar-refractivity contribution in [1.29, 1.82) is 0 Å². The number of nitro groups is 1. The number of likely N-dealkylation sites (tertiary alicyclic amines) is 1. The maximum atomic E-state index is 12.2. The molecule has 1 aromatic heterocycles. The van der Waals surface area contributed by atoms with Crippen molar-refractivity contribution in [1.82, 2.24) is 19.8 Å². The molecule has 1 amide bonds.